The van der Waals surface area contributed by atoms with Crippen molar-refractivity contribution in [3.8, 4) is 0 Å². The number of rotatable bonds is 5. The zero-order chi connectivity index (χ0) is 18.6. The SMILES string of the molecule is CC(C=CC(=O)N(C(C)C)C(C)C)=CC1=C(Cl)c2ccccc2CC1. The Bertz CT molecular complexity index is 717. The second-order valence-electron chi connectivity index (χ2n) is 7.15. The number of hydrogen-bond donors (Lipinski definition) is 0. The second-order valence-corrected chi connectivity index (χ2v) is 7.53. The van der Waals surface area contributed by atoms with Gasteiger partial charge in [0.05, 0.1) is 5.03 Å². The molecule has 1 aliphatic rings. The summed E-state index contributed by atoms with van der Waals surface area (Å²) in [5.41, 5.74) is 4.60. The maximum atomic E-state index is 12.4. The number of amides is 1. The van der Waals surface area contributed by atoms with Crippen molar-refractivity contribution in [2.24, 2.45) is 0 Å². The first-order valence-electron chi connectivity index (χ1n) is 8.97. The molecule has 0 aliphatic heterocycles. The lowest BCUT2D eigenvalue weighted by molar-refractivity contribution is -0.129. The minimum Gasteiger partial charge on any atom is -0.334 e. The van der Waals surface area contributed by atoms with Gasteiger partial charge in [-0.15, -0.1) is 0 Å². The first kappa shape index (κ1) is 19.5. The number of carbonyl (C=O) groups is 1. The highest BCUT2D eigenvalue weighted by atomic mass is 35.5. The van der Waals surface area contributed by atoms with E-state index in [0.29, 0.717) is 0 Å². The van der Waals surface area contributed by atoms with Crippen molar-refractivity contribution in [2.45, 2.75) is 59.5 Å². The molecule has 2 rings (SSSR count). The third-order valence-electron chi connectivity index (χ3n) is 4.46. The molecule has 1 aliphatic carbocycles. The maximum Gasteiger partial charge on any atom is 0.247 e. The molecule has 0 bridgehead atoms. The Hall–Kier alpha value is -1.80. The van der Waals surface area contributed by atoms with E-state index < -0.39 is 0 Å². The zero-order valence-corrected chi connectivity index (χ0v) is 16.6. The van der Waals surface area contributed by atoms with Crippen LogP contribution in [0.1, 0.15) is 52.2 Å². The fraction of sp³-hybridized carbons (Fsp3) is 0.409. The quantitative estimate of drug-likeness (QED) is 0.486. The molecule has 0 fully saturated rings. The van der Waals surface area contributed by atoms with E-state index in [1.807, 2.05) is 51.7 Å². The first-order chi connectivity index (χ1) is 11.8. The summed E-state index contributed by atoms with van der Waals surface area (Å²) in [7, 11) is 0. The van der Waals surface area contributed by atoms with Gasteiger partial charge in [-0.05, 0) is 64.2 Å². The normalized spacial score (nSPS) is 15.3. The Morgan fingerprint density at radius 2 is 1.72 bits per heavy atom. The molecule has 0 N–H and O–H groups in total. The summed E-state index contributed by atoms with van der Waals surface area (Å²) in [5, 5.41) is 0.826. The van der Waals surface area contributed by atoms with Gasteiger partial charge >= 0.3 is 0 Å². The topological polar surface area (TPSA) is 20.3 Å². The van der Waals surface area contributed by atoms with Crippen LogP contribution in [0, 0.1) is 0 Å². The lowest BCUT2D eigenvalue weighted by Crippen LogP contribution is -2.41. The van der Waals surface area contributed by atoms with Gasteiger partial charge < -0.3 is 4.90 Å². The minimum atomic E-state index is 0.0480. The number of nitrogens with zero attached hydrogens (tertiary/aromatic N) is 1. The number of halogens is 1. The van der Waals surface area contributed by atoms with E-state index in [2.05, 4.69) is 24.3 Å². The summed E-state index contributed by atoms with van der Waals surface area (Å²) in [6, 6.07) is 8.66. The number of carbonyl (C=O) groups excluding carboxylic acids is 1. The minimum absolute atomic E-state index is 0.0480. The van der Waals surface area contributed by atoms with Gasteiger partial charge in [-0.2, -0.15) is 0 Å². The highest BCUT2D eigenvalue weighted by Crippen LogP contribution is 2.34. The van der Waals surface area contributed by atoms with Crippen molar-refractivity contribution >= 4 is 22.5 Å². The van der Waals surface area contributed by atoms with Gasteiger partial charge in [0.15, 0.2) is 0 Å². The van der Waals surface area contributed by atoms with Crippen LogP contribution in [0.3, 0.4) is 0 Å². The Balaban J connectivity index is 2.18. The number of hydrogen-bond acceptors (Lipinski definition) is 1. The van der Waals surface area contributed by atoms with Gasteiger partial charge in [0.2, 0.25) is 5.91 Å². The van der Waals surface area contributed by atoms with Crippen molar-refractivity contribution < 1.29 is 4.79 Å². The molecule has 3 heteroatoms. The summed E-state index contributed by atoms with van der Waals surface area (Å²) >= 11 is 6.59. The smallest absolute Gasteiger partial charge is 0.247 e. The van der Waals surface area contributed by atoms with Gasteiger partial charge in [0, 0.05) is 18.2 Å². The lowest BCUT2D eigenvalue weighted by atomic mass is 9.91. The third-order valence-corrected chi connectivity index (χ3v) is 4.90. The van der Waals surface area contributed by atoms with Crippen molar-refractivity contribution in [1.82, 2.24) is 4.90 Å². The van der Waals surface area contributed by atoms with E-state index in [1.54, 1.807) is 6.08 Å². The fourth-order valence-electron chi connectivity index (χ4n) is 3.36. The molecule has 0 heterocycles. The van der Waals surface area contributed by atoms with Crippen molar-refractivity contribution in [3.05, 3.63) is 64.8 Å². The number of aryl methyl sites for hydroxylation is 1. The monoisotopic (exact) mass is 357 g/mol. The van der Waals surface area contributed by atoms with Crippen LogP contribution in [0.4, 0.5) is 0 Å². The van der Waals surface area contributed by atoms with Crippen LogP contribution < -0.4 is 0 Å². The number of benzene rings is 1. The van der Waals surface area contributed by atoms with Crippen molar-refractivity contribution in [2.75, 3.05) is 0 Å². The Kier molecular flexibility index (Phi) is 6.66. The van der Waals surface area contributed by atoms with Crippen LogP contribution in [0.2, 0.25) is 0 Å². The fourth-order valence-corrected chi connectivity index (χ4v) is 3.69. The van der Waals surface area contributed by atoms with Crippen molar-refractivity contribution in [3.63, 3.8) is 0 Å². The molecule has 0 radical (unpaired) electrons. The molecule has 0 spiro atoms. The van der Waals surface area contributed by atoms with Gasteiger partial charge in [0.1, 0.15) is 0 Å². The maximum absolute atomic E-state index is 12.4. The molecule has 1 aromatic rings. The van der Waals surface area contributed by atoms with E-state index >= 15 is 0 Å². The predicted molar refractivity (Wildman–Crippen MR) is 108 cm³/mol. The molecule has 1 amide bonds. The molecule has 25 heavy (non-hydrogen) atoms. The van der Waals surface area contributed by atoms with Crippen LogP contribution in [0.25, 0.3) is 5.03 Å². The average molecular weight is 358 g/mol. The van der Waals surface area contributed by atoms with E-state index in [4.69, 9.17) is 11.6 Å². The van der Waals surface area contributed by atoms with Crippen LogP contribution in [0.5, 0.6) is 0 Å². The molecule has 2 nitrogen and oxygen atoms in total. The van der Waals surface area contributed by atoms with E-state index in [0.717, 1.165) is 34.6 Å². The summed E-state index contributed by atoms with van der Waals surface area (Å²) in [6.07, 6.45) is 7.58. The Labute approximate surface area is 156 Å². The number of allylic oxidation sites excluding steroid dienone is 4. The van der Waals surface area contributed by atoms with Crippen LogP contribution in [-0.2, 0) is 11.2 Å². The van der Waals surface area contributed by atoms with Gasteiger partial charge in [0.25, 0.3) is 0 Å². The van der Waals surface area contributed by atoms with Crippen molar-refractivity contribution in [1.29, 1.82) is 0 Å². The van der Waals surface area contributed by atoms with Gasteiger partial charge in [-0.1, -0.05) is 53.6 Å². The molecule has 1 aromatic carbocycles. The van der Waals surface area contributed by atoms with E-state index in [9.17, 15) is 4.79 Å². The predicted octanol–water partition coefficient (Wildman–Crippen LogP) is 5.73. The van der Waals surface area contributed by atoms with Crippen LogP contribution >= 0.6 is 11.6 Å². The standard InChI is InChI=1S/C22H28ClNO/c1-15(2)24(16(3)4)21(25)13-10-17(5)14-19-12-11-18-8-6-7-9-20(18)22(19)23/h6-10,13-16H,11-12H2,1-5H3. The molecular formula is C22H28ClNO. The molecule has 134 valence electrons. The molecule has 0 saturated carbocycles. The molecule has 0 unspecified atom stereocenters. The summed E-state index contributed by atoms with van der Waals surface area (Å²) in [6.45, 7) is 10.2. The van der Waals surface area contributed by atoms with Crippen LogP contribution in [-0.4, -0.2) is 22.9 Å². The summed E-state index contributed by atoms with van der Waals surface area (Å²) in [4.78, 5) is 14.3. The number of fused-ring (bicyclic) bond motifs is 1. The highest BCUT2D eigenvalue weighted by molar-refractivity contribution is 6.49. The molecule has 0 aromatic heterocycles. The average Bonchev–Trinajstić information content (AvgIpc) is 2.55. The van der Waals surface area contributed by atoms with Crippen LogP contribution in [0.15, 0.2) is 53.6 Å². The third kappa shape index (κ3) is 4.85. The second kappa shape index (κ2) is 8.53. The largest absolute Gasteiger partial charge is 0.334 e. The molecular weight excluding hydrogens is 330 g/mol. The Morgan fingerprint density at radius 3 is 2.36 bits per heavy atom. The Morgan fingerprint density at radius 1 is 1.08 bits per heavy atom. The highest BCUT2D eigenvalue weighted by Gasteiger charge is 2.18. The summed E-state index contributed by atoms with van der Waals surface area (Å²) < 4.78 is 0. The van der Waals surface area contributed by atoms with E-state index in [-0.39, 0.29) is 18.0 Å². The van der Waals surface area contributed by atoms with E-state index in [1.165, 1.54) is 5.56 Å². The van der Waals surface area contributed by atoms with Gasteiger partial charge in [-0.3, -0.25) is 4.79 Å². The molecule has 0 saturated heterocycles. The summed E-state index contributed by atoms with van der Waals surface area (Å²) in [5.74, 6) is 0.0480. The molecule has 0 atom stereocenters. The first-order valence-corrected chi connectivity index (χ1v) is 9.34. The zero-order valence-electron chi connectivity index (χ0n) is 15.8. The van der Waals surface area contributed by atoms with Gasteiger partial charge in [-0.25, -0.2) is 0 Å². The lowest BCUT2D eigenvalue weighted by Gasteiger charge is -2.29.